The molecule has 0 saturated heterocycles. The fourth-order valence-electron chi connectivity index (χ4n) is 5.61. The van der Waals surface area contributed by atoms with Crippen LogP contribution in [0.2, 0.25) is 0 Å². The van der Waals surface area contributed by atoms with Gasteiger partial charge in [-0.1, -0.05) is 36.4 Å². The van der Waals surface area contributed by atoms with Crippen molar-refractivity contribution in [3.05, 3.63) is 60.7 Å². The van der Waals surface area contributed by atoms with Crippen molar-refractivity contribution in [2.24, 2.45) is 14.1 Å². The van der Waals surface area contributed by atoms with Crippen molar-refractivity contribution in [2.75, 3.05) is 11.5 Å². The van der Waals surface area contributed by atoms with Crippen LogP contribution in [0.5, 0.6) is 0 Å². The average molecular weight is 537 g/mol. The van der Waals surface area contributed by atoms with Gasteiger partial charge in [0.2, 0.25) is 0 Å². The number of fused-ring (bicyclic) bond motifs is 7. The quantitative estimate of drug-likeness (QED) is 0.223. The van der Waals surface area contributed by atoms with E-state index in [1.807, 2.05) is 0 Å². The molecule has 0 aliphatic heterocycles. The summed E-state index contributed by atoms with van der Waals surface area (Å²) in [5.41, 5.74) is 22.9. The molecule has 4 N–H and O–H groups in total. The molecule has 8 aromatic rings. The normalized spacial score (nSPS) is 12.3. The molecule has 3 aromatic carbocycles. The first-order valence-electron chi connectivity index (χ1n) is 11.8. The minimum absolute atomic E-state index is 0.563. The van der Waals surface area contributed by atoms with Crippen molar-refractivity contribution < 1.29 is 0 Å². The zero-order chi connectivity index (χ0) is 25.0. The number of thiophene rings is 2. The van der Waals surface area contributed by atoms with Gasteiger partial charge in [0.15, 0.2) is 0 Å². The van der Waals surface area contributed by atoms with Crippen LogP contribution < -0.4 is 11.5 Å². The lowest BCUT2D eigenvalue weighted by Crippen LogP contribution is -2.01. The molecule has 9 heteroatoms. The second-order valence-corrected chi connectivity index (χ2v) is 12.0. The van der Waals surface area contributed by atoms with E-state index in [1.165, 1.54) is 54.0 Å². The number of aryl methyl sites for hydroxylation is 2. The number of hydrogen-bond donors (Lipinski definition) is 2. The van der Waals surface area contributed by atoms with E-state index in [0.717, 1.165) is 31.9 Å². The van der Waals surface area contributed by atoms with Gasteiger partial charge in [0, 0.05) is 56.8 Å². The first-order valence-corrected chi connectivity index (χ1v) is 14.2. The Hall–Kier alpha value is -3.92. The predicted molar refractivity (Wildman–Crippen MR) is 161 cm³/mol. The van der Waals surface area contributed by atoms with E-state index in [0.29, 0.717) is 11.4 Å². The summed E-state index contributed by atoms with van der Waals surface area (Å²) in [6, 6.07) is 21.4. The molecule has 5 heterocycles. The van der Waals surface area contributed by atoms with Crippen LogP contribution in [-0.2, 0) is 14.1 Å². The van der Waals surface area contributed by atoms with Crippen molar-refractivity contribution in [1.29, 1.82) is 0 Å². The standard InChI is InChI=1S/C28H20N6S3/c1-33-15-9-5-3-7-13(15)27-17(33)11-19(35-27)21-23(29)24(30)22(26-25(21)31-37-32-26)20-12-18-28(36-20)14-8-4-6-10-16(14)34(18)2/h3-12H,29-30H2,1-2H3. The minimum Gasteiger partial charge on any atom is -0.396 e. The number of para-hydroxylation sites is 2. The summed E-state index contributed by atoms with van der Waals surface area (Å²) >= 11 is 4.67. The van der Waals surface area contributed by atoms with Crippen LogP contribution in [0.3, 0.4) is 0 Å². The number of nitrogen functional groups attached to an aromatic ring is 2. The van der Waals surface area contributed by atoms with Crippen molar-refractivity contribution in [2.45, 2.75) is 0 Å². The SMILES string of the molecule is Cn1c2ccccc2c2sc(-c3c(N)c(N)c(-c4cc5c(s4)c4ccccc4n5C)c4nsnc34)cc21. The van der Waals surface area contributed by atoms with Gasteiger partial charge in [-0.25, -0.2) is 0 Å². The van der Waals surface area contributed by atoms with E-state index in [2.05, 4.69) is 83.9 Å². The predicted octanol–water partition coefficient (Wildman–Crippen LogP) is 7.60. The van der Waals surface area contributed by atoms with Crippen molar-refractivity contribution in [1.82, 2.24) is 17.9 Å². The highest BCUT2D eigenvalue weighted by Gasteiger charge is 2.25. The van der Waals surface area contributed by atoms with Gasteiger partial charge in [0.25, 0.3) is 0 Å². The molecule has 6 nitrogen and oxygen atoms in total. The van der Waals surface area contributed by atoms with Crippen LogP contribution in [0.1, 0.15) is 0 Å². The van der Waals surface area contributed by atoms with Crippen molar-refractivity contribution in [3.8, 4) is 20.9 Å². The van der Waals surface area contributed by atoms with E-state index in [-0.39, 0.29) is 0 Å². The summed E-state index contributed by atoms with van der Waals surface area (Å²) in [6.45, 7) is 0. The Morgan fingerprint density at radius 2 is 1.05 bits per heavy atom. The number of rotatable bonds is 2. The minimum atomic E-state index is 0.563. The van der Waals surface area contributed by atoms with Crippen molar-refractivity contribution >= 4 is 99.0 Å². The maximum Gasteiger partial charge on any atom is 0.116 e. The molecule has 0 aliphatic rings. The first-order chi connectivity index (χ1) is 18.0. The number of nitrogens with zero attached hydrogens (tertiary/aromatic N) is 4. The molecule has 0 atom stereocenters. The lowest BCUT2D eigenvalue weighted by Gasteiger charge is -2.12. The van der Waals surface area contributed by atoms with Gasteiger partial charge < -0.3 is 20.6 Å². The molecule has 8 rings (SSSR count). The molecule has 0 spiro atoms. The van der Waals surface area contributed by atoms with Crippen LogP contribution in [-0.4, -0.2) is 17.9 Å². The number of nitrogens with two attached hydrogens (primary N) is 2. The van der Waals surface area contributed by atoms with E-state index in [4.69, 9.17) is 20.2 Å². The monoisotopic (exact) mass is 536 g/mol. The van der Waals surface area contributed by atoms with Crippen LogP contribution in [0.15, 0.2) is 60.7 Å². The molecule has 180 valence electrons. The molecule has 0 bridgehead atoms. The third kappa shape index (κ3) is 2.68. The molecule has 0 fully saturated rings. The van der Waals surface area contributed by atoms with Gasteiger partial charge in [-0.15, -0.1) is 22.7 Å². The smallest absolute Gasteiger partial charge is 0.116 e. The Morgan fingerprint density at radius 1 is 0.622 bits per heavy atom. The van der Waals surface area contributed by atoms with Crippen LogP contribution in [0, 0.1) is 0 Å². The fraction of sp³-hybridized carbons (Fsp3) is 0.0714. The zero-order valence-corrected chi connectivity index (χ0v) is 22.4. The Labute approximate surface area is 223 Å². The highest BCUT2D eigenvalue weighted by Crippen LogP contribution is 2.50. The molecule has 0 radical (unpaired) electrons. The Kier molecular flexibility index (Phi) is 4.19. The van der Waals surface area contributed by atoms with E-state index in [9.17, 15) is 0 Å². The van der Waals surface area contributed by atoms with E-state index < -0.39 is 0 Å². The maximum atomic E-state index is 6.82. The summed E-state index contributed by atoms with van der Waals surface area (Å²) in [6.07, 6.45) is 0. The zero-order valence-electron chi connectivity index (χ0n) is 19.9. The highest BCUT2D eigenvalue weighted by atomic mass is 32.1. The van der Waals surface area contributed by atoms with Gasteiger partial charge in [-0.2, -0.15) is 8.75 Å². The Morgan fingerprint density at radius 3 is 1.51 bits per heavy atom. The Balaban J connectivity index is 1.39. The lowest BCUT2D eigenvalue weighted by atomic mass is 10.0. The summed E-state index contributed by atoms with van der Waals surface area (Å²) in [7, 11) is 4.21. The largest absolute Gasteiger partial charge is 0.396 e. The lowest BCUT2D eigenvalue weighted by molar-refractivity contribution is 1.02. The molecular formula is C28H20N6S3. The third-order valence-corrected chi connectivity index (χ3v) is 10.3. The van der Waals surface area contributed by atoms with E-state index >= 15 is 0 Å². The van der Waals surface area contributed by atoms with Gasteiger partial charge in [0.1, 0.15) is 11.0 Å². The summed E-state index contributed by atoms with van der Waals surface area (Å²) in [4.78, 5) is 2.12. The van der Waals surface area contributed by atoms with E-state index in [1.54, 1.807) is 22.7 Å². The van der Waals surface area contributed by atoms with Gasteiger partial charge in [-0.3, -0.25) is 0 Å². The van der Waals surface area contributed by atoms with Gasteiger partial charge in [0.05, 0.1) is 43.5 Å². The summed E-state index contributed by atoms with van der Waals surface area (Å²) < 4.78 is 16.4. The maximum absolute atomic E-state index is 6.82. The second-order valence-electron chi connectivity index (χ2n) is 9.34. The molecule has 5 aromatic heterocycles. The van der Waals surface area contributed by atoms with Gasteiger partial charge >= 0.3 is 0 Å². The van der Waals surface area contributed by atoms with Crippen molar-refractivity contribution in [3.63, 3.8) is 0 Å². The summed E-state index contributed by atoms with van der Waals surface area (Å²) in [5, 5.41) is 2.48. The highest BCUT2D eigenvalue weighted by molar-refractivity contribution is 7.24. The average Bonchev–Trinajstić information content (AvgIpc) is 3.72. The molecule has 0 amide bonds. The molecule has 37 heavy (non-hydrogen) atoms. The molecule has 0 saturated carbocycles. The molecule has 0 aliphatic carbocycles. The number of anilines is 2. The fourth-order valence-corrected chi connectivity index (χ4v) is 8.73. The first kappa shape index (κ1) is 21.2. The van der Waals surface area contributed by atoms with Crippen LogP contribution in [0.25, 0.3) is 74.2 Å². The number of aromatic nitrogens is 4. The topological polar surface area (TPSA) is 87.7 Å². The van der Waals surface area contributed by atoms with Gasteiger partial charge in [-0.05, 0) is 24.3 Å². The van der Waals surface area contributed by atoms with Crippen LogP contribution >= 0.6 is 34.4 Å². The third-order valence-electron chi connectivity index (χ3n) is 7.45. The van der Waals surface area contributed by atoms with Crippen LogP contribution in [0.4, 0.5) is 11.4 Å². The Bertz CT molecular complexity index is 2050. The second kappa shape index (κ2) is 7.32. The number of hydrogen-bond acceptors (Lipinski definition) is 7. The number of benzene rings is 3. The molecule has 0 unspecified atom stereocenters. The molecular weight excluding hydrogens is 517 g/mol. The summed E-state index contributed by atoms with van der Waals surface area (Å²) in [5.74, 6) is 0.